The average Bonchev–Trinajstić information content (AvgIpc) is 2.52. The van der Waals surface area contributed by atoms with Crippen LogP contribution in [0.4, 0.5) is 8.78 Å². The number of hydrogen-bond donors (Lipinski definition) is 3. The molecule has 0 spiro atoms. The monoisotopic (exact) mass is 488 g/mol. The smallest absolute Gasteiger partial charge is 0.243 e. The molecule has 4 N–H and O–H groups in total. The van der Waals surface area contributed by atoms with Crippen molar-refractivity contribution in [3.05, 3.63) is 29.8 Å². The molecule has 0 heterocycles. The molecule has 10 heteroatoms. The Balaban J connectivity index is 0.00000312. The van der Waals surface area contributed by atoms with E-state index in [4.69, 9.17) is 5.73 Å². The summed E-state index contributed by atoms with van der Waals surface area (Å²) in [7, 11) is -4.06. The highest BCUT2D eigenvalue weighted by molar-refractivity contribution is 14.0. The number of nitrogens with two attached hydrogens (primary N) is 1. The summed E-state index contributed by atoms with van der Waals surface area (Å²) >= 11 is 0. The number of aliphatic imine (C=N–C) groups is 1. The summed E-state index contributed by atoms with van der Waals surface area (Å²) in [6.45, 7) is 0.0831. The molecule has 25 heavy (non-hydrogen) atoms. The first-order chi connectivity index (χ1) is 11.4. The Hall–Kier alpha value is -1.01. The molecule has 142 valence electrons. The number of sulfonamides is 1. The van der Waals surface area contributed by atoms with E-state index in [1.807, 2.05) is 0 Å². The largest absolute Gasteiger partial charge is 0.370 e. The van der Waals surface area contributed by atoms with Crippen molar-refractivity contribution in [3.8, 4) is 0 Å². The molecular weight excluding hydrogens is 465 g/mol. The van der Waals surface area contributed by atoms with Gasteiger partial charge in [0.2, 0.25) is 10.0 Å². The van der Waals surface area contributed by atoms with Gasteiger partial charge < -0.3 is 11.1 Å². The van der Waals surface area contributed by atoms with Gasteiger partial charge in [-0.15, -0.1) is 24.0 Å². The summed E-state index contributed by atoms with van der Waals surface area (Å²) in [4.78, 5) is 3.46. The number of guanidine groups is 1. The Kier molecular flexibility index (Phi) is 9.00. The molecule has 1 fully saturated rings. The van der Waals surface area contributed by atoms with Gasteiger partial charge in [-0.2, -0.15) is 0 Å². The van der Waals surface area contributed by atoms with E-state index >= 15 is 0 Å². The van der Waals surface area contributed by atoms with Gasteiger partial charge in [0.1, 0.15) is 16.5 Å². The van der Waals surface area contributed by atoms with E-state index in [-0.39, 0.29) is 43.0 Å². The predicted molar refractivity (Wildman–Crippen MR) is 103 cm³/mol. The van der Waals surface area contributed by atoms with Crippen LogP contribution in [0.5, 0.6) is 0 Å². The SMILES string of the molecule is I.NC(=NCCNS(=O)(=O)c1ccc(F)cc1F)NC1CCCCC1. The van der Waals surface area contributed by atoms with Crippen LogP contribution in [0.15, 0.2) is 28.1 Å². The van der Waals surface area contributed by atoms with E-state index in [0.29, 0.717) is 12.1 Å². The highest BCUT2D eigenvalue weighted by Crippen LogP contribution is 2.17. The van der Waals surface area contributed by atoms with Crippen LogP contribution < -0.4 is 15.8 Å². The summed E-state index contributed by atoms with van der Waals surface area (Å²) in [6, 6.07) is 2.61. The van der Waals surface area contributed by atoms with Gasteiger partial charge in [0.15, 0.2) is 5.96 Å². The van der Waals surface area contributed by atoms with E-state index in [0.717, 1.165) is 37.8 Å². The topological polar surface area (TPSA) is 96.6 Å². The first-order valence-electron chi connectivity index (χ1n) is 7.89. The molecule has 0 aliphatic heterocycles. The second-order valence-electron chi connectivity index (χ2n) is 5.72. The maximum absolute atomic E-state index is 13.5. The molecule has 0 radical (unpaired) electrons. The maximum Gasteiger partial charge on any atom is 0.243 e. The summed E-state index contributed by atoms with van der Waals surface area (Å²) in [5.74, 6) is -1.70. The predicted octanol–water partition coefficient (Wildman–Crippen LogP) is 2.10. The van der Waals surface area contributed by atoms with Gasteiger partial charge in [-0.25, -0.2) is 21.9 Å². The molecule has 1 aromatic carbocycles. The van der Waals surface area contributed by atoms with E-state index in [9.17, 15) is 17.2 Å². The third kappa shape index (κ3) is 7.02. The van der Waals surface area contributed by atoms with E-state index in [1.165, 1.54) is 6.42 Å². The van der Waals surface area contributed by atoms with Gasteiger partial charge in [0.25, 0.3) is 0 Å². The fraction of sp³-hybridized carbons (Fsp3) is 0.533. The fourth-order valence-electron chi connectivity index (χ4n) is 2.63. The number of nitrogens with zero attached hydrogens (tertiary/aromatic N) is 1. The zero-order valence-corrected chi connectivity index (χ0v) is 16.8. The Morgan fingerprint density at radius 1 is 1.24 bits per heavy atom. The number of hydrogen-bond acceptors (Lipinski definition) is 3. The minimum absolute atomic E-state index is 0. The molecule has 1 saturated carbocycles. The van der Waals surface area contributed by atoms with Gasteiger partial charge in [0, 0.05) is 18.7 Å². The first kappa shape index (κ1) is 22.0. The highest BCUT2D eigenvalue weighted by atomic mass is 127. The van der Waals surface area contributed by atoms with Crippen molar-refractivity contribution < 1.29 is 17.2 Å². The summed E-state index contributed by atoms with van der Waals surface area (Å²) in [5.41, 5.74) is 5.77. The summed E-state index contributed by atoms with van der Waals surface area (Å²) < 4.78 is 52.5. The number of rotatable bonds is 6. The lowest BCUT2D eigenvalue weighted by Gasteiger charge is -2.23. The maximum atomic E-state index is 13.5. The van der Waals surface area contributed by atoms with Gasteiger partial charge in [-0.05, 0) is 25.0 Å². The molecule has 0 atom stereocenters. The van der Waals surface area contributed by atoms with E-state index in [2.05, 4.69) is 15.0 Å². The van der Waals surface area contributed by atoms with Crippen LogP contribution in [0.2, 0.25) is 0 Å². The Labute approximate surface area is 163 Å². The van der Waals surface area contributed by atoms with Crippen molar-refractivity contribution in [1.29, 1.82) is 0 Å². The minimum atomic E-state index is -4.06. The van der Waals surface area contributed by atoms with Crippen molar-refractivity contribution in [3.63, 3.8) is 0 Å². The van der Waals surface area contributed by atoms with Crippen molar-refractivity contribution in [1.82, 2.24) is 10.0 Å². The van der Waals surface area contributed by atoms with Crippen molar-refractivity contribution >= 4 is 40.0 Å². The lowest BCUT2D eigenvalue weighted by Crippen LogP contribution is -2.41. The van der Waals surface area contributed by atoms with Gasteiger partial charge in [-0.1, -0.05) is 19.3 Å². The molecule has 1 aromatic rings. The molecule has 0 aromatic heterocycles. The number of benzene rings is 1. The average molecular weight is 488 g/mol. The minimum Gasteiger partial charge on any atom is -0.370 e. The molecule has 1 aliphatic carbocycles. The van der Waals surface area contributed by atoms with Crippen LogP contribution in [-0.2, 0) is 10.0 Å². The molecular formula is C15H23F2IN4O2S. The van der Waals surface area contributed by atoms with Crippen LogP contribution in [0.1, 0.15) is 32.1 Å². The summed E-state index contributed by atoms with van der Waals surface area (Å²) in [5, 5.41) is 3.11. The number of nitrogens with one attached hydrogen (secondary N) is 2. The Morgan fingerprint density at radius 2 is 1.92 bits per heavy atom. The fourth-order valence-corrected chi connectivity index (χ4v) is 3.71. The highest BCUT2D eigenvalue weighted by Gasteiger charge is 2.19. The molecule has 1 aliphatic rings. The van der Waals surface area contributed by atoms with Gasteiger partial charge in [0.05, 0.1) is 6.54 Å². The van der Waals surface area contributed by atoms with Gasteiger partial charge >= 0.3 is 0 Å². The number of halogens is 3. The van der Waals surface area contributed by atoms with Crippen molar-refractivity contribution in [2.75, 3.05) is 13.1 Å². The Morgan fingerprint density at radius 3 is 2.56 bits per heavy atom. The second-order valence-corrected chi connectivity index (χ2v) is 7.45. The van der Waals surface area contributed by atoms with Crippen LogP contribution in [0.3, 0.4) is 0 Å². The van der Waals surface area contributed by atoms with Crippen LogP contribution >= 0.6 is 24.0 Å². The van der Waals surface area contributed by atoms with Gasteiger partial charge in [-0.3, -0.25) is 4.99 Å². The molecule has 0 amide bonds. The lowest BCUT2D eigenvalue weighted by atomic mass is 9.96. The third-order valence-electron chi connectivity index (χ3n) is 3.83. The van der Waals surface area contributed by atoms with E-state index < -0.39 is 26.6 Å². The van der Waals surface area contributed by atoms with Crippen LogP contribution in [0, 0.1) is 11.6 Å². The lowest BCUT2D eigenvalue weighted by molar-refractivity contribution is 0.412. The zero-order chi connectivity index (χ0) is 17.6. The molecule has 0 unspecified atom stereocenters. The zero-order valence-electron chi connectivity index (χ0n) is 13.7. The Bertz CT molecular complexity index is 695. The normalized spacial score (nSPS) is 16.3. The quantitative estimate of drug-likeness (QED) is 0.247. The van der Waals surface area contributed by atoms with Crippen molar-refractivity contribution in [2.24, 2.45) is 10.7 Å². The first-order valence-corrected chi connectivity index (χ1v) is 9.38. The summed E-state index contributed by atoms with van der Waals surface area (Å²) in [6.07, 6.45) is 5.65. The second kappa shape index (κ2) is 10.2. The molecule has 0 bridgehead atoms. The van der Waals surface area contributed by atoms with E-state index in [1.54, 1.807) is 0 Å². The molecule has 2 rings (SSSR count). The molecule has 6 nitrogen and oxygen atoms in total. The third-order valence-corrected chi connectivity index (χ3v) is 5.32. The van der Waals surface area contributed by atoms with Crippen molar-refractivity contribution in [2.45, 2.75) is 43.0 Å². The van der Waals surface area contributed by atoms with Crippen LogP contribution in [-0.4, -0.2) is 33.5 Å². The molecule has 0 saturated heterocycles. The van der Waals surface area contributed by atoms with Crippen LogP contribution in [0.25, 0.3) is 0 Å². The standard InChI is InChI=1S/C15H22F2N4O2S.HI/c16-11-6-7-14(13(17)10-11)24(22,23)20-9-8-19-15(18)21-12-4-2-1-3-5-12;/h6-7,10,12,20H,1-5,8-9H2,(H3,18,19,21);1H.